The van der Waals surface area contributed by atoms with Gasteiger partial charge in [-0.05, 0) is 30.8 Å². The van der Waals surface area contributed by atoms with Gasteiger partial charge in [0.1, 0.15) is 0 Å². The van der Waals surface area contributed by atoms with E-state index >= 15 is 0 Å². The van der Waals surface area contributed by atoms with Crippen molar-refractivity contribution in [3.8, 4) is 0 Å². The number of aliphatic hydroxyl groups excluding tert-OH is 1. The van der Waals surface area contributed by atoms with E-state index in [1.807, 2.05) is 12.3 Å². The standard InChI is InChI=1S/C11H18ClNOS/c1-3-4-8(5-13)10(14)11-9(12)7(2)6-15-11/h6,8,10,14H,3-5,13H2,1-2H3. The molecule has 0 aliphatic heterocycles. The third-order valence-corrected chi connectivity index (χ3v) is 4.39. The van der Waals surface area contributed by atoms with Crippen LogP contribution in [0.2, 0.25) is 5.02 Å². The Balaban J connectivity index is 2.82. The Morgan fingerprint density at radius 3 is 2.67 bits per heavy atom. The van der Waals surface area contributed by atoms with Crippen LogP contribution >= 0.6 is 22.9 Å². The van der Waals surface area contributed by atoms with Gasteiger partial charge in [-0.3, -0.25) is 0 Å². The summed E-state index contributed by atoms with van der Waals surface area (Å²) in [4.78, 5) is 0.859. The highest BCUT2D eigenvalue weighted by atomic mass is 35.5. The van der Waals surface area contributed by atoms with Crippen molar-refractivity contribution in [2.75, 3.05) is 6.54 Å². The van der Waals surface area contributed by atoms with E-state index in [1.165, 1.54) is 11.3 Å². The van der Waals surface area contributed by atoms with E-state index in [1.54, 1.807) is 0 Å². The molecule has 0 amide bonds. The Kier molecular flexibility index (Phi) is 5.06. The molecule has 0 aromatic carbocycles. The van der Waals surface area contributed by atoms with E-state index in [0.717, 1.165) is 23.3 Å². The fourth-order valence-corrected chi connectivity index (χ4v) is 3.02. The number of aliphatic hydroxyl groups is 1. The van der Waals surface area contributed by atoms with Gasteiger partial charge in [0, 0.05) is 5.92 Å². The second-order valence-corrected chi connectivity index (χ2v) is 5.12. The molecular formula is C11H18ClNOS. The molecule has 0 saturated carbocycles. The highest BCUT2D eigenvalue weighted by molar-refractivity contribution is 7.10. The first-order valence-electron chi connectivity index (χ1n) is 5.23. The first-order valence-corrected chi connectivity index (χ1v) is 6.49. The highest BCUT2D eigenvalue weighted by Crippen LogP contribution is 2.36. The lowest BCUT2D eigenvalue weighted by Crippen LogP contribution is -2.21. The summed E-state index contributed by atoms with van der Waals surface area (Å²) in [6.07, 6.45) is 1.45. The van der Waals surface area contributed by atoms with Crippen molar-refractivity contribution in [1.29, 1.82) is 0 Å². The Labute approximate surface area is 100 Å². The van der Waals surface area contributed by atoms with Gasteiger partial charge >= 0.3 is 0 Å². The van der Waals surface area contributed by atoms with Crippen LogP contribution in [0, 0.1) is 12.8 Å². The molecule has 0 aliphatic rings. The normalized spacial score (nSPS) is 15.3. The molecule has 0 spiro atoms. The van der Waals surface area contributed by atoms with Crippen LogP contribution in [0.25, 0.3) is 0 Å². The van der Waals surface area contributed by atoms with Crippen LogP contribution in [-0.4, -0.2) is 11.7 Å². The van der Waals surface area contributed by atoms with Gasteiger partial charge < -0.3 is 10.8 Å². The maximum atomic E-state index is 10.2. The highest BCUT2D eigenvalue weighted by Gasteiger charge is 2.23. The van der Waals surface area contributed by atoms with Crippen molar-refractivity contribution in [3.63, 3.8) is 0 Å². The fraction of sp³-hybridized carbons (Fsp3) is 0.636. The summed E-state index contributed by atoms with van der Waals surface area (Å²) in [5.41, 5.74) is 6.69. The predicted octanol–water partition coefficient (Wildman–Crippen LogP) is 3.12. The minimum atomic E-state index is -0.513. The van der Waals surface area contributed by atoms with E-state index < -0.39 is 6.10 Å². The summed E-state index contributed by atoms with van der Waals surface area (Å²) in [7, 11) is 0. The van der Waals surface area contributed by atoms with Gasteiger partial charge in [-0.25, -0.2) is 0 Å². The molecule has 15 heavy (non-hydrogen) atoms. The van der Waals surface area contributed by atoms with Crippen molar-refractivity contribution in [2.45, 2.75) is 32.8 Å². The first-order chi connectivity index (χ1) is 7.11. The molecule has 1 rings (SSSR count). The van der Waals surface area contributed by atoms with E-state index in [-0.39, 0.29) is 5.92 Å². The zero-order chi connectivity index (χ0) is 11.4. The van der Waals surface area contributed by atoms with Crippen LogP contribution in [0.4, 0.5) is 0 Å². The molecule has 0 saturated heterocycles. The number of halogens is 1. The molecule has 3 N–H and O–H groups in total. The maximum absolute atomic E-state index is 10.2. The number of rotatable bonds is 5. The molecule has 0 radical (unpaired) electrons. The van der Waals surface area contributed by atoms with Crippen molar-refractivity contribution < 1.29 is 5.11 Å². The van der Waals surface area contributed by atoms with Gasteiger partial charge in [0.2, 0.25) is 0 Å². The Morgan fingerprint density at radius 1 is 1.60 bits per heavy atom. The van der Waals surface area contributed by atoms with Crippen LogP contribution in [0.1, 0.15) is 36.3 Å². The Hall–Kier alpha value is -0.0900. The van der Waals surface area contributed by atoms with Gasteiger partial charge in [0.15, 0.2) is 0 Å². The van der Waals surface area contributed by atoms with Crippen LogP contribution in [0.5, 0.6) is 0 Å². The average Bonchev–Trinajstić information content (AvgIpc) is 2.55. The summed E-state index contributed by atoms with van der Waals surface area (Å²) in [5, 5.41) is 12.8. The molecule has 0 aliphatic carbocycles. The van der Waals surface area contributed by atoms with Crippen LogP contribution in [0.3, 0.4) is 0 Å². The number of thiophene rings is 1. The molecule has 0 fully saturated rings. The van der Waals surface area contributed by atoms with E-state index in [2.05, 4.69) is 6.92 Å². The predicted molar refractivity (Wildman–Crippen MR) is 66.5 cm³/mol. The Morgan fingerprint density at radius 2 is 2.27 bits per heavy atom. The van der Waals surface area contributed by atoms with E-state index in [9.17, 15) is 5.11 Å². The van der Waals surface area contributed by atoms with E-state index in [0.29, 0.717) is 11.6 Å². The molecule has 1 aromatic rings. The summed E-state index contributed by atoms with van der Waals surface area (Å²) in [6.45, 7) is 4.55. The topological polar surface area (TPSA) is 46.2 Å². The molecule has 2 unspecified atom stereocenters. The van der Waals surface area contributed by atoms with Gasteiger partial charge in [-0.2, -0.15) is 0 Å². The van der Waals surface area contributed by atoms with Crippen molar-refractivity contribution in [2.24, 2.45) is 11.7 Å². The average molecular weight is 248 g/mol. The number of nitrogens with two attached hydrogens (primary N) is 1. The largest absolute Gasteiger partial charge is 0.387 e. The first kappa shape index (κ1) is 13.0. The molecule has 86 valence electrons. The quantitative estimate of drug-likeness (QED) is 0.840. The second-order valence-electron chi connectivity index (χ2n) is 3.83. The monoisotopic (exact) mass is 247 g/mol. The molecule has 2 nitrogen and oxygen atoms in total. The molecule has 2 atom stereocenters. The minimum Gasteiger partial charge on any atom is -0.387 e. The molecular weight excluding hydrogens is 230 g/mol. The minimum absolute atomic E-state index is 0.116. The van der Waals surface area contributed by atoms with Crippen LogP contribution in [0.15, 0.2) is 5.38 Å². The third-order valence-electron chi connectivity index (χ3n) is 2.60. The van der Waals surface area contributed by atoms with Gasteiger partial charge in [0.05, 0.1) is 16.0 Å². The van der Waals surface area contributed by atoms with Crippen LogP contribution < -0.4 is 5.73 Å². The lowest BCUT2D eigenvalue weighted by molar-refractivity contribution is 0.110. The number of hydrogen-bond donors (Lipinski definition) is 2. The summed E-state index contributed by atoms with van der Waals surface area (Å²) in [6, 6.07) is 0. The SMILES string of the molecule is CCCC(CN)C(O)c1scc(C)c1Cl. The number of aryl methyl sites for hydroxylation is 1. The second kappa shape index (κ2) is 5.85. The Bertz CT molecular complexity index is 314. The lowest BCUT2D eigenvalue weighted by atomic mass is 9.96. The molecule has 1 aromatic heterocycles. The number of hydrogen-bond acceptors (Lipinski definition) is 3. The maximum Gasteiger partial charge on any atom is 0.0937 e. The zero-order valence-corrected chi connectivity index (χ0v) is 10.7. The summed E-state index contributed by atoms with van der Waals surface area (Å²) < 4.78 is 0. The molecule has 1 heterocycles. The van der Waals surface area contributed by atoms with Crippen molar-refractivity contribution >= 4 is 22.9 Å². The van der Waals surface area contributed by atoms with Gasteiger partial charge in [-0.1, -0.05) is 24.9 Å². The lowest BCUT2D eigenvalue weighted by Gasteiger charge is -2.20. The summed E-state index contributed by atoms with van der Waals surface area (Å²) >= 11 is 7.63. The van der Waals surface area contributed by atoms with E-state index in [4.69, 9.17) is 17.3 Å². The smallest absolute Gasteiger partial charge is 0.0937 e. The molecule has 0 bridgehead atoms. The molecule has 4 heteroatoms. The van der Waals surface area contributed by atoms with Gasteiger partial charge in [0.25, 0.3) is 0 Å². The van der Waals surface area contributed by atoms with Gasteiger partial charge in [-0.15, -0.1) is 11.3 Å². The summed E-state index contributed by atoms with van der Waals surface area (Å²) in [5.74, 6) is 0.116. The zero-order valence-electron chi connectivity index (χ0n) is 9.16. The fourth-order valence-electron chi connectivity index (χ4n) is 1.64. The van der Waals surface area contributed by atoms with Crippen LogP contribution in [-0.2, 0) is 0 Å². The van der Waals surface area contributed by atoms with Crippen molar-refractivity contribution in [3.05, 3.63) is 20.8 Å². The van der Waals surface area contributed by atoms with Crippen molar-refractivity contribution in [1.82, 2.24) is 0 Å². The third kappa shape index (κ3) is 2.94.